The Morgan fingerprint density at radius 1 is 0.933 bits per heavy atom. The van der Waals surface area contributed by atoms with E-state index in [1.54, 1.807) is 4.90 Å². The number of likely N-dealkylation sites (tertiary alicyclic amines) is 1. The van der Waals surface area contributed by atoms with Crippen LogP contribution in [0.25, 0.3) is 0 Å². The number of rotatable bonds is 0. The summed E-state index contributed by atoms with van der Waals surface area (Å²) < 4.78 is 0. The molecule has 1 aliphatic heterocycles. The fourth-order valence-corrected chi connectivity index (χ4v) is 2.42. The third-order valence-corrected chi connectivity index (χ3v) is 2.78. The van der Waals surface area contributed by atoms with Crippen LogP contribution in [0.2, 0.25) is 5.21 Å². The van der Waals surface area contributed by atoms with E-state index in [-0.39, 0.29) is 6.42 Å². The first-order chi connectivity index (χ1) is 6.32. The minimum atomic E-state index is -1.44. The van der Waals surface area contributed by atoms with Crippen molar-refractivity contribution in [2.45, 2.75) is 48.6 Å². The lowest BCUT2D eigenvalue weighted by Gasteiger charge is -2.54. The third kappa shape index (κ3) is 1.97. The molecule has 0 amide bonds. The monoisotopic (exact) mass is 187 g/mol. The van der Waals surface area contributed by atoms with Gasteiger partial charge in [0.1, 0.15) is 0 Å². The lowest BCUT2D eigenvalue weighted by atomic mass is 9.33. The third-order valence-electron chi connectivity index (χ3n) is 2.78. The van der Waals surface area contributed by atoms with Crippen molar-refractivity contribution in [3.05, 3.63) is 0 Å². The van der Waals surface area contributed by atoms with Crippen LogP contribution in [0.15, 0.2) is 0 Å². The van der Waals surface area contributed by atoms with E-state index < -0.39 is 21.4 Å². The molecular weight excluding hydrogens is 175 g/mol. The first kappa shape index (κ1) is 13.4. The van der Waals surface area contributed by atoms with Gasteiger partial charge in [-0.3, -0.25) is 0 Å². The van der Waals surface area contributed by atoms with Crippen LogP contribution in [-0.4, -0.2) is 68.2 Å². The topological polar surface area (TPSA) is 3.24 Å². The number of hydrogen-bond acceptors (Lipinski definition) is 1. The second-order valence-corrected chi connectivity index (χ2v) is 5.54. The van der Waals surface area contributed by atoms with Crippen LogP contribution < -0.4 is 0 Å². The smallest absolute Gasteiger partial charge is 0.0823 e. The van der Waals surface area contributed by atoms with Crippen molar-refractivity contribution in [1.29, 1.82) is 0 Å². The van der Waals surface area contributed by atoms with Crippen molar-refractivity contribution in [2.24, 2.45) is 0 Å². The van der Waals surface area contributed by atoms with E-state index in [2.05, 4.69) is 0 Å². The van der Waals surface area contributed by atoms with E-state index in [0.717, 1.165) is 0 Å². The number of hydrogen-bond donors (Lipinski definition) is 0. The Morgan fingerprint density at radius 2 is 1.33 bits per heavy atom. The van der Waals surface area contributed by atoms with E-state index in [1.165, 1.54) is 0 Å². The first-order valence-corrected chi connectivity index (χ1v) is 4.86. The van der Waals surface area contributed by atoms with Crippen LogP contribution >= 0.6 is 0 Å². The summed E-state index contributed by atoms with van der Waals surface area (Å²) in [7, 11) is 35.5. The molecule has 0 unspecified atom stereocenters. The zero-order valence-electron chi connectivity index (χ0n) is 9.62. The van der Waals surface area contributed by atoms with Gasteiger partial charge < -0.3 is 4.90 Å². The molecule has 15 heavy (non-hydrogen) atoms. The Morgan fingerprint density at radius 3 is 1.47 bits per heavy atom. The van der Waals surface area contributed by atoms with Crippen molar-refractivity contribution in [2.75, 3.05) is 0 Å². The molecule has 66 valence electrons. The highest BCUT2D eigenvalue weighted by Gasteiger charge is 2.55. The van der Waals surface area contributed by atoms with Gasteiger partial charge in [-0.15, -0.1) is 0 Å². The molecular formula is C8H11B6N. The zero-order chi connectivity index (χ0) is 12.3. The van der Waals surface area contributed by atoms with E-state index in [9.17, 15) is 0 Å². The van der Waals surface area contributed by atoms with Gasteiger partial charge in [-0.25, -0.2) is 0 Å². The second kappa shape index (κ2) is 3.18. The summed E-state index contributed by atoms with van der Waals surface area (Å²) in [4.78, 5) is 1.56. The molecule has 0 aliphatic carbocycles. The SMILES string of the molecule is [B]C1([B])CC([B])([B])C([B])([B])N1C(C)(C)C. The lowest BCUT2D eigenvalue weighted by molar-refractivity contribution is 0.103. The molecule has 0 aromatic carbocycles. The standard InChI is InChI=1S/C8H11B6N/c1-5(2,3)15-7(11,12)4-6(9,10)8(15,13)14/h4H2,1-3H3. The van der Waals surface area contributed by atoms with Crippen molar-refractivity contribution in [3.8, 4) is 0 Å². The molecule has 1 fully saturated rings. The molecule has 1 saturated heterocycles. The van der Waals surface area contributed by atoms with Gasteiger partial charge in [0.15, 0.2) is 0 Å². The van der Waals surface area contributed by atoms with Crippen molar-refractivity contribution in [1.82, 2.24) is 4.90 Å². The van der Waals surface area contributed by atoms with Crippen LogP contribution in [0.1, 0.15) is 27.2 Å². The van der Waals surface area contributed by atoms with E-state index in [0.29, 0.717) is 0 Å². The van der Waals surface area contributed by atoms with Gasteiger partial charge in [0.25, 0.3) is 0 Å². The first-order valence-electron chi connectivity index (χ1n) is 4.86. The maximum absolute atomic E-state index is 5.96. The molecule has 7 heteroatoms. The molecule has 0 bridgehead atoms. The molecule has 1 aliphatic rings. The van der Waals surface area contributed by atoms with Crippen LogP contribution in [0.3, 0.4) is 0 Å². The summed E-state index contributed by atoms with van der Waals surface area (Å²) in [5, 5.41) is -3.95. The minimum absolute atomic E-state index is 0.129. The molecule has 0 N–H and O–H groups in total. The summed E-state index contributed by atoms with van der Waals surface area (Å²) >= 11 is 0. The fourth-order valence-electron chi connectivity index (χ4n) is 2.42. The molecule has 0 saturated carbocycles. The predicted molar refractivity (Wildman–Crippen MR) is 68.9 cm³/mol. The Kier molecular flexibility index (Phi) is 2.85. The van der Waals surface area contributed by atoms with Gasteiger partial charge in [0.05, 0.1) is 47.1 Å². The largest absolute Gasteiger partial charge is 0.322 e. The fraction of sp³-hybridized carbons (Fsp3) is 1.00. The Bertz CT molecular complexity index is 267. The summed E-state index contributed by atoms with van der Waals surface area (Å²) in [6.07, 6.45) is 0.129. The summed E-state index contributed by atoms with van der Waals surface area (Å²) in [5.41, 5.74) is -0.423. The molecule has 0 spiro atoms. The molecule has 1 rings (SSSR count). The summed E-state index contributed by atoms with van der Waals surface area (Å²) in [5.74, 6) is 0. The number of nitrogens with zero attached hydrogens (tertiary/aromatic N) is 1. The Balaban J connectivity index is 3.25. The lowest BCUT2D eigenvalue weighted by Crippen LogP contribution is -2.65. The Hall–Kier alpha value is 0.350. The van der Waals surface area contributed by atoms with Gasteiger partial charge in [-0.1, -0.05) is 22.3 Å². The molecule has 0 aromatic heterocycles. The van der Waals surface area contributed by atoms with E-state index in [1.807, 2.05) is 20.8 Å². The van der Waals surface area contributed by atoms with Crippen LogP contribution in [0, 0.1) is 0 Å². The Labute approximate surface area is 101 Å². The normalized spacial score (nSPS) is 29.0. The average Bonchev–Trinajstić information content (AvgIpc) is 1.87. The van der Waals surface area contributed by atoms with Crippen molar-refractivity contribution >= 4 is 47.1 Å². The summed E-state index contributed by atoms with van der Waals surface area (Å²) in [6.45, 7) is 5.70. The van der Waals surface area contributed by atoms with Crippen LogP contribution in [-0.2, 0) is 0 Å². The minimum Gasteiger partial charge on any atom is -0.322 e. The van der Waals surface area contributed by atoms with Gasteiger partial charge >= 0.3 is 0 Å². The highest BCUT2D eigenvalue weighted by molar-refractivity contribution is 6.57. The average molecular weight is 186 g/mol. The van der Waals surface area contributed by atoms with Gasteiger partial charge in [-0.2, -0.15) is 0 Å². The molecule has 0 atom stereocenters. The van der Waals surface area contributed by atoms with E-state index >= 15 is 0 Å². The summed E-state index contributed by atoms with van der Waals surface area (Å²) in [6, 6.07) is 0. The highest BCUT2D eigenvalue weighted by atomic mass is 15.3. The maximum atomic E-state index is 5.96. The van der Waals surface area contributed by atoms with Crippen molar-refractivity contribution in [3.63, 3.8) is 0 Å². The van der Waals surface area contributed by atoms with Crippen LogP contribution in [0.4, 0.5) is 0 Å². The molecule has 0 aromatic rings. The van der Waals surface area contributed by atoms with Gasteiger partial charge in [0.2, 0.25) is 0 Å². The van der Waals surface area contributed by atoms with Crippen LogP contribution in [0.5, 0.6) is 0 Å². The van der Waals surface area contributed by atoms with Gasteiger partial charge in [0, 0.05) is 5.54 Å². The van der Waals surface area contributed by atoms with Gasteiger partial charge in [-0.05, 0) is 20.8 Å². The highest BCUT2D eigenvalue weighted by Crippen LogP contribution is 2.52. The molecule has 1 nitrogen and oxygen atoms in total. The molecule has 12 radical (unpaired) electrons. The maximum Gasteiger partial charge on any atom is 0.0823 e. The predicted octanol–water partition coefficient (Wildman–Crippen LogP) is -1.07. The second-order valence-electron chi connectivity index (χ2n) is 5.54. The quantitative estimate of drug-likeness (QED) is 0.435. The molecule has 1 heterocycles. The van der Waals surface area contributed by atoms with E-state index in [4.69, 9.17) is 47.1 Å². The zero-order valence-corrected chi connectivity index (χ0v) is 9.62. The van der Waals surface area contributed by atoms with Crippen molar-refractivity contribution < 1.29 is 0 Å².